The fourth-order valence-electron chi connectivity index (χ4n) is 4.25. The number of hydrogen-bond donors (Lipinski definition) is 0. The van der Waals surface area contributed by atoms with Gasteiger partial charge in [0.2, 0.25) is 5.91 Å². The summed E-state index contributed by atoms with van der Waals surface area (Å²) in [5.41, 5.74) is 1.92. The summed E-state index contributed by atoms with van der Waals surface area (Å²) in [6, 6.07) is 14.5. The molecular weight excluding hydrogens is 423 g/mol. The smallest absolute Gasteiger partial charge is 0.334 e. The highest BCUT2D eigenvalue weighted by Crippen LogP contribution is 2.27. The number of aromatic nitrogens is 3. The number of carbonyl (C=O) groups excluding carboxylic acids is 1. The van der Waals surface area contributed by atoms with Gasteiger partial charge in [-0.2, -0.15) is 0 Å². The van der Waals surface area contributed by atoms with E-state index in [1.54, 1.807) is 62.8 Å². The molecule has 0 aliphatic carbocycles. The third kappa shape index (κ3) is 3.80. The first-order chi connectivity index (χ1) is 16.0. The average Bonchev–Trinajstić information content (AvgIpc) is 3.43. The first kappa shape index (κ1) is 20.7. The van der Waals surface area contributed by atoms with Crippen molar-refractivity contribution in [2.45, 2.75) is 12.5 Å². The number of rotatable bonds is 5. The lowest BCUT2D eigenvalue weighted by Crippen LogP contribution is -2.31. The molecule has 5 rings (SSSR count). The fourth-order valence-corrected chi connectivity index (χ4v) is 4.25. The van der Waals surface area contributed by atoms with E-state index in [1.807, 2.05) is 6.07 Å². The van der Waals surface area contributed by atoms with Crippen molar-refractivity contribution in [1.82, 2.24) is 19.0 Å². The number of nitrogens with zero attached hydrogens (tertiary/aromatic N) is 4. The second-order valence-electron chi connectivity index (χ2n) is 7.83. The van der Waals surface area contributed by atoms with Crippen molar-refractivity contribution in [3.05, 3.63) is 95.9 Å². The van der Waals surface area contributed by atoms with Gasteiger partial charge in [0.05, 0.1) is 29.0 Å². The van der Waals surface area contributed by atoms with Crippen LogP contribution in [0.25, 0.3) is 16.7 Å². The highest BCUT2D eigenvalue weighted by Gasteiger charge is 2.29. The Labute approximate surface area is 189 Å². The Kier molecular flexibility index (Phi) is 5.26. The lowest BCUT2D eigenvalue weighted by Gasteiger charge is -2.15. The molecule has 2 aromatic carbocycles. The molecule has 1 saturated heterocycles. The van der Waals surface area contributed by atoms with E-state index in [0.717, 1.165) is 5.52 Å². The molecule has 4 aromatic rings. The molecule has 166 valence electrons. The molecule has 0 unspecified atom stereocenters. The summed E-state index contributed by atoms with van der Waals surface area (Å²) in [5, 5.41) is 0. The molecule has 0 N–H and O–H groups in total. The molecule has 33 heavy (non-hydrogen) atoms. The number of pyridine rings is 1. The van der Waals surface area contributed by atoms with Gasteiger partial charge in [-0.25, -0.2) is 9.18 Å². The molecule has 1 aliphatic heterocycles. The van der Waals surface area contributed by atoms with Gasteiger partial charge in [0.1, 0.15) is 17.3 Å². The van der Waals surface area contributed by atoms with Crippen LogP contribution in [-0.2, 0) is 4.79 Å². The average molecular weight is 444 g/mol. The summed E-state index contributed by atoms with van der Waals surface area (Å²) in [4.78, 5) is 31.5. The van der Waals surface area contributed by atoms with E-state index >= 15 is 0 Å². The van der Waals surface area contributed by atoms with Crippen LogP contribution >= 0.6 is 0 Å². The predicted octanol–water partition coefficient (Wildman–Crippen LogP) is 4.08. The molecule has 0 spiro atoms. The van der Waals surface area contributed by atoms with Gasteiger partial charge in [0.25, 0.3) is 0 Å². The van der Waals surface area contributed by atoms with Crippen LogP contribution < -0.4 is 10.4 Å². The number of imidazole rings is 1. The predicted molar refractivity (Wildman–Crippen MR) is 122 cm³/mol. The second-order valence-corrected chi connectivity index (χ2v) is 7.83. The van der Waals surface area contributed by atoms with Gasteiger partial charge < -0.3 is 9.64 Å². The summed E-state index contributed by atoms with van der Waals surface area (Å²) in [6.45, 7) is 4.59. The number of hydrogen-bond acceptors (Lipinski definition) is 4. The first-order valence-corrected chi connectivity index (χ1v) is 10.6. The Balaban J connectivity index is 1.49. The molecule has 2 aromatic heterocycles. The molecule has 3 heterocycles. The van der Waals surface area contributed by atoms with E-state index in [0.29, 0.717) is 42.2 Å². The quantitative estimate of drug-likeness (QED) is 0.435. The van der Waals surface area contributed by atoms with E-state index in [2.05, 4.69) is 11.6 Å². The Morgan fingerprint density at radius 2 is 1.76 bits per heavy atom. The summed E-state index contributed by atoms with van der Waals surface area (Å²) in [6.07, 6.45) is 5.31. The molecule has 8 heteroatoms. The Morgan fingerprint density at radius 1 is 1.06 bits per heavy atom. The highest BCUT2D eigenvalue weighted by molar-refractivity contribution is 5.87. The fraction of sp³-hybridized carbons (Fsp3) is 0.160. The first-order valence-electron chi connectivity index (χ1n) is 10.6. The summed E-state index contributed by atoms with van der Waals surface area (Å²) < 4.78 is 22.2. The minimum atomic E-state index is -0.332. The number of amides is 1. The van der Waals surface area contributed by atoms with E-state index < -0.39 is 0 Å². The van der Waals surface area contributed by atoms with Crippen molar-refractivity contribution in [2.24, 2.45) is 0 Å². The second kappa shape index (κ2) is 8.38. The van der Waals surface area contributed by atoms with Crippen LogP contribution in [0.1, 0.15) is 12.5 Å². The van der Waals surface area contributed by atoms with Crippen LogP contribution in [0.5, 0.6) is 11.5 Å². The summed E-state index contributed by atoms with van der Waals surface area (Å²) in [5.74, 6) is 0.616. The minimum Gasteiger partial charge on any atom is -0.457 e. The lowest BCUT2D eigenvalue weighted by atomic mass is 10.2. The van der Waals surface area contributed by atoms with E-state index in [-0.39, 0.29) is 23.5 Å². The molecule has 1 aliphatic rings. The van der Waals surface area contributed by atoms with Crippen LogP contribution in [0.4, 0.5) is 4.39 Å². The molecule has 7 nitrogen and oxygen atoms in total. The number of likely N-dealkylation sites (tertiary alicyclic amines) is 1. The van der Waals surface area contributed by atoms with Crippen molar-refractivity contribution in [3.63, 3.8) is 0 Å². The van der Waals surface area contributed by atoms with E-state index in [1.165, 1.54) is 18.2 Å². The number of halogens is 1. The van der Waals surface area contributed by atoms with Gasteiger partial charge in [-0.05, 0) is 67.1 Å². The maximum Gasteiger partial charge on any atom is 0.334 e. The van der Waals surface area contributed by atoms with Crippen LogP contribution in [0.3, 0.4) is 0 Å². The zero-order valence-electron chi connectivity index (χ0n) is 17.7. The summed E-state index contributed by atoms with van der Waals surface area (Å²) in [7, 11) is 0. The topological polar surface area (TPSA) is 69.4 Å². The maximum atomic E-state index is 13.5. The van der Waals surface area contributed by atoms with Crippen molar-refractivity contribution >= 4 is 16.9 Å². The van der Waals surface area contributed by atoms with E-state index in [9.17, 15) is 14.0 Å². The number of ether oxygens (including phenoxy) is 1. The molecule has 1 atom stereocenters. The largest absolute Gasteiger partial charge is 0.457 e. The van der Waals surface area contributed by atoms with Gasteiger partial charge in [-0.1, -0.05) is 6.58 Å². The van der Waals surface area contributed by atoms with Gasteiger partial charge in [-0.3, -0.25) is 18.9 Å². The van der Waals surface area contributed by atoms with Gasteiger partial charge in [-0.15, -0.1) is 0 Å². The van der Waals surface area contributed by atoms with Crippen LogP contribution in [0.15, 0.2) is 84.4 Å². The molecule has 1 fully saturated rings. The van der Waals surface area contributed by atoms with Crippen LogP contribution in [-0.4, -0.2) is 38.0 Å². The van der Waals surface area contributed by atoms with Crippen molar-refractivity contribution < 1.29 is 13.9 Å². The molecule has 0 radical (unpaired) electrons. The molecule has 0 saturated carbocycles. The zero-order valence-corrected chi connectivity index (χ0v) is 17.7. The van der Waals surface area contributed by atoms with Crippen LogP contribution in [0.2, 0.25) is 0 Å². The SMILES string of the molecule is C=CC(=O)N1CC[C@@H](n2c(=O)n(-c3ccc(Oc4ccc(F)cc4)cc3)c3cnccc32)C1. The summed E-state index contributed by atoms with van der Waals surface area (Å²) >= 11 is 0. The molecule has 0 bridgehead atoms. The zero-order chi connectivity index (χ0) is 22.9. The highest BCUT2D eigenvalue weighted by atomic mass is 19.1. The third-order valence-electron chi connectivity index (χ3n) is 5.83. The standard InChI is InChI=1S/C25H21FN4O3/c1-2-24(31)28-14-12-19(16-28)30-22-11-13-27-15-23(22)29(25(30)32)18-5-9-21(10-6-18)33-20-7-3-17(26)4-8-20/h2-11,13,15,19H,1,12,14,16H2/t19-/m1/s1. The maximum absolute atomic E-state index is 13.5. The monoisotopic (exact) mass is 444 g/mol. The Hall–Kier alpha value is -4.20. The minimum absolute atomic E-state index is 0.131. The van der Waals surface area contributed by atoms with Gasteiger partial charge in [0.15, 0.2) is 0 Å². The number of carbonyl (C=O) groups is 1. The van der Waals surface area contributed by atoms with Crippen molar-refractivity contribution in [2.75, 3.05) is 13.1 Å². The normalized spacial score (nSPS) is 15.7. The van der Waals surface area contributed by atoms with Gasteiger partial charge in [0, 0.05) is 19.3 Å². The third-order valence-corrected chi connectivity index (χ3v) is 5.83. The van der Waals surface area contributed by atoms with Crippen LogP contribution in [0, 0.1) is 5.82 Å². The van der Waals surface area contributed by atoms with Crippen molar-refractivity contribution in [1.29, 1.82) is 0 Å². The lowest BCUT2D eigenvalue weighted by molar-refractivity contribution is -0.125. The van der Waals surface area contributed by atoms with E-state index in [4.69, 9.17) is 4.74 Å². The Bertz CT molecular complexity index is 1390. The molecular formula is C25H21FN4O3. The van der Waals surface area contributed by atoms with Crippen molar-refractivity contribution in [3.8, 4) is 17.2 Å². The Morgan fingerprint density at radius 3 is 2.45 bits per heavy atom. The number of benzene rings is 2. The van der Waals surface area contributed by atoms with Gasteiger partial charge >= 0.3 is 5.69 Å². The number of fused-ring (bicyclic) bond motifs is 1. The molecule has 1 amide bonds.